The fourth-order valence-electron chi connectivity index (χ4n) is 2.99. The summed E-state index contributed by atoms with van der Waals surface area (Å²) in [5.41, 5.74) is 1.28. The SMILES string of the molecule is O=C(NC1CC1)c1ccnc(Oc2ccc(N3CCN(C(=O)O)CC3)cc2)n1. The summed E-state index contributed by atoms with van der Waals surface area (Å²) in [5.74, 6) is 0.346. The van der Waals surface area contributed by atoms with E-state index in [1.165, 1.54) is 11.1 Å². The zero-order valence-electron chi connectivity index (χ0n) is 15.2. The van der Waals surface area contributed by atoms with Crippen molar-refractivity contribution in [3.63, 3.8) is 0 Å². The normalized spacial score (nSPS) is 16.6. The van der Waals surface area contributed by atoms with Crippen LogP contribution in [-0.2, 0) is 0 Å². The molecule has 1 aliphatic heterocycles. The van der Waals surface area contributed by atoms with Crippen LogP contribution in [0.4, 0.5) is 10.5 Å². The molecule has 9 nitrogen and oxygen atoms in total. The zero-order chi connectivity index (χ0) is 19.5. The Balaban J connectivity index is 1.37. The fraction of sp³-hybridized carbons (Fsp3) is 0.368. The van der Waals surface area contributed by atoms with Crippen LogP contribution in [0, 0.1) is 0 Å². The summed E-state index contributed by atoms with van der Waals surface area (Å²) in [6, 6.07) is 9.37. The topological polar surface area (TPSA) is 108 Å². The van der Waals surface area contributed by atoms with Crippen molar-refractivity contribution in [3.05, 3.63) is 42.2 Å². The Labute approximate surface area is 162 Å². The maximum absolute atomic E-state index is 12.1. The summed E-state index contributed by atoms with van der Waals surface area (Å²) >= 11 is 0. The molecule has 2 heterocycles. The van der Waals surface area contributed by atoms with Gasteiger partial charge in [-0.15, -0.1) is 0 Å². The summed E-state index contributed by atoms with van der Waals surface area (Å²) < 4.78 is 5.67. The van der Waals surface area contributed by atoms with E-state index in [1.807, 2.05) is 12.1 Å². The van der Waals surface area contributed by atoms with Gasteiger partial charge in [0.2, 0.25) is 0 Å². The molecule has 4 rings (SSSR count). The summed E-state index contributed by atoms with van der Waals surface area (Å²) in [5, 5.41) is 11.9. The standard InChI is InChI=1S/C19H21N5O4/c25-17(21-13-1-2-13)16-7-8-20-18(22-16)28-15-5-3-14(4-6-15)23-9-11-24(12-10-23)19(26)27/h3-8,13H,1-2,9-12H2,(H,21,25)(H,26,27). The van der Waals surface area contributed by atoms with Crippen molar-refractivity contribution in [2.45, 2.75) is 18.9 Å². The van der Waals surface area contributed by atoms with Crippen LogP contribution < -0.4 is 15.0 Å². The third kappa shape index (κ3) is 4.30. The van der Waals surface area contributed by atoms with E-state index >= 15 is 0 Å². The molecular weight excluding hydrogens is 362 g/mol. The lowest BCUT2D eigenvalue weighted by atomic mass is 10.2. The average Bonchev–Trinajstić information content (AvgIpc) is 3.53. The van der Waals surface area contributed by atoms with Crippen LogP contribution in [0.1, 0.15) is 23.3 Å². The predicted octanol–water partition coefficient (Wildman–Crippen LogP) is 1.96. The van der Waals surface area contributed by atoms with Crippen molar-refractivity contribution in [2.24, 2.45) is 0 Å². The molecule has 1 aliphatic carbocycles. The molecule has 2 aliphatic rings. The van der Waals surface area contributed by atoms with Crippen LogP contribution >= 0.6 is 0 Å². The molecule has 1 saturated carbocycles. The molecule has 146 valence electrons. The van der Waals surface area contributed by atoms with Crippen molar-refractivity contribution in [2.75, 3.05) is 31.1 Å². The van der Waals surface area contributed by atoms with E-state index in [4.69, 9.17) is 9.84 Å². The zero-order valence-corrected chi connectivity index (χ0v) is 15.2. The number of benzene rings is 1. The van der Waals surface area contributed by atoms with Gasteiger partial charge in [-0.05, 0) is 43.2 Å². The van der Waals surface area contributed by atoms with Gasteiger partial charge in [0.1, 0.15) is 11.4 Å². The van der Waals surface area contributed by atoms with E-state index in [1.54, 1.807) is 18.2 Å². The highest BCUT2D eigenvalue weighted by molar-refractivity contribution is 5.92. The van der Waals surface area contributed by atoms with Crippen molar-refractivity contribution >= 4 is 17.7 Å². The minimum Gasteiger partial charge on any atom is -0.465 e. The maximum Gasteiger partial charge on any atom is 0.407 e. The van der Waals surface area contributed by atoms with Crippen LogP contribution in [0.15, 0.2) is 36.5 Å². The first-order chi connectivity index (χ1) is 13.6. The molecule has 0 bridgehead atoms. The van der Waals surface area contributed by atoms with Crippen LogP contribution in [0.25, 0.3) is 0 Å². The Morgan fingerprint density at radius 3 is 2.43 bits per heavy atom. The first-order valence-electron chi connectivity index (χ1n) is 9.23. The van der Waals surface area contributed by atoms with E-state index in [0.717, 1.165) is 18.5 Å². The second kappa shape index (κ2) is 7.71. The molecule has 1 aromatic heterocycles. The lowest BCUT2D eigenvalue weighted by Crippen LogP contribution is -2.48. The van der Waals surface area contributed by atoms with E-state index in [0.29, 0.717) is 31.9 Å². The van der Waals surface area contributed by atoms with Gasteiger partial charge >= 0.3 is 12.1 Å². The number of carboxylic acid groups (broad SMARTS) is 1. The Bertz CT molecular complexity index is 861. The minimum atomic E-state index is -0.878. The lowest BCUT2D eigenvalue weighted by molar-refractivity contribution is 0.0945. The third-order valence-corrected chi connectivity index (χ3v) is 4.74. The van der Waals surface area contributed by atoms with Gasteiger partial charge in [0.05, 0.1) is 0 Å². The van der Waals surface area contributed by atoms with Crippen LogP contribution in [0.2, 0.25) is 0 Å². The number of nitrogens with one attached hydrogen (secondary N) is 1. The van der Waals surface area contributed by atoms with E-state index < -0.39 is 6.09 Å². The summed E-state index contributed by atoms with van der Waals surface area (Å²) in [4.78, 5) is 34.8. The van der Waals surface area contributed by atoms with Gasteiger partial charge in [-0.25, -0.2) is 9.78 Å². The quantitative estimate of drug-likeness (QED) is 0.812. The second-order valence-corrected chi connectivity index (χ2v) is 6.82. The van der Waals surface area contributed by atoms with Crippen molar-refractivity contribution < 1.29 is 19.4 Å². The molecule has 0 spiro atoms. The molecule has 2 aromatic rings. The molecule has 0 radical (unpaired) electrons. The van der Waals surface area contributed by atoms with Gasteiger partial charge in [-0.1, -0.05) is 0 Å². The van der Waals surface area contributed by atoms with E-state index in [-0.39, 0.29) is 23.7 Å². The van der Waals surface area contributed by atoms with E-state index in [2.05, 4.69) is 20.2 Å². The Kier molecular flexibility index (Phi) is 4.96. The number of ether oxygens (including phenoxy) is 1. The predicted molar refractivity (Wildman–Crippen MR) is 101 cm³/mol. The second-order valence-electron chi connectivity index (χ2n) is 6.82. The number of hydrogen-bond acceptors (Lipinski definition) is 6. The van der Waals surface area contributed by atoms with E-state index in [9.17, 15) is 9.59 Å². The van der Waals surface area contributed by atoms with Gasteiger partial charge in [0.25, 0.3) is 5.91 Å². The smallest absolute Gasteiger partial charge is 0.407 e. The van der Waals surface area contributed by atoms with Crippen molar-refractivity contribution in [1.82, 2.24) is 20.2 Å². The molecule has 28 heavy (non-hydrogen) atoms. The monoisotopic (exact) mass is 383 g/mol. The van der Waals surface area contributed by atoms with Gasteiger partial charge < -0.3 is 25.0 Å². The number of amides is 2. The third-order valence-electron chi connectivity index (χ3n) is 4.74. The van der Waals surface area contributed by atoms with Crippen molar-refractivity contribution in [1.29, 1.82) is 0 Å². The number of nitrogens with zero attached hydrogens (tertiary/aromatic N) is 4. The molecule has 0 unspecified atom stereocenters. The number of aromatic nitrogens is 2. The lowest BCUT2D eigenvalue weighted by Gasteiger charge is -2.34. The number of carbonyl (C=O) groups is 2. The van der Waals surface area contributed by atoms with Gasteiger partial charge in [-0.3, -0.25) is 4.79 Å². The number of piperazine rings is 1. The molecule has 0 atom stereocenters. The number of carbonyl (C=O) groups excluding carboxylic acids is 1. The highest BCUT2D eigenvalue weighted by atomic mass is 16.5. The van der Waals surface area contributed by atoms with Gasteiger partial charge in [0.15, 0.2) is 0 Å². The summed E-state index contributed by atoms with van der Waals surface area (Å²) in [6.07, 6.45) is 2.65. The largest absolute Gasteiger partial charge is 0.465 e. The Morgan fingerprint density at radius 1 is 1.07 bits per heavy atom. The molecule has 1 aromatic carbocycles. The molecule has 2 amide bonds. The molecular formula is C19H21N5O4. The fourth-order valence-corrected chi connectivity index (χ4v) is 2.99. The van der Waals surface area contributed by atoms with Crippen LogP contribution in [-0.4, -0.2) is 64.2 Å². The number of hydrogen-bond donors (Lipinski definition) is 2. The Hall–Kier alpha value is -3.36. The first kappa shape index (κ1) is 18.0. The molecule has 9 heteroatoms. The Morgan fingerprint density at radius 2 is 1.79 bits per heavy atom. The highest BCUT2D eigenvalue weighted by Crippen LogP contribution is 2.24. The number of anilines is 1. The average molecular weight is 383 g/mol. The van der Waals surface area contributed by atoms with Crippen molar-refractivity contribution in [3.8, 4) is 11.8 Å². The molecule has 2 N–H and O–H groups in total. The van der Waals surface area contributed by atoms with Crippen LogP contribution in [0.3, 0.4) is 0 Å². The van der Waals surface area contributed by atoms with Gasteiger partial charge in [-0.2, -0.15) is 4.98 Å². The highest BCUT2D eigenvalue weighted by Gasteiger charge is 2.24. The van der Waals surface area contributed by atoms with Crippen LogP contribution in [0.5, 0.6) is 11.8 Å². The van der Waals surface area contributed by atoms with Gasteiger partial charge in [0, 0.05) is 44.1 Å². The number of rotatable bonds is 5. The molecule has 2 fully saturated rings. The molecule has 1 saturated heterocycles. The first-order valence-corrected chi connectivity index (χ1v) is 9.23. The maximum atomic E-state index is 12.1. The summed E-state index contributed by atoms with van der Waals surface area (Å²) in [6.45, 7) is 2.26. The summed E-state index contributed by atoms with van der Waals surface area (Å²) in [7, 11) is 0. The minimum absolute atomic E-state index is 0.117.